The standard InChI is InChI=1S/C26H28N6O3/c1-16-4-5-18(30-25(33)17-6-7-27-22(12-17)26(2,3)34)13-19(16)20-14-21-23(29-15-28-21)24(31-20)32-8-10-35-11-9-32/h4-7,12-15,34H,8-11H2,1-3H3,(H,28,29)(H,30,33). The number of amides is 1. The maximum Gasteiger partial charge on any atom is 0.255 e. The lowest BCUT2D eigenvalue weighted by atomic mass is 10.0. The number of carbonyl (C=O) groups is 1. The van der Waals surface area contributed by atoms with Gasteiger partial charge in [-0.25, -0.2) is 9.97 Å². The maximum absolute atomic E-state index is 13.0. The first-order valence-electron chi connectivity index (χ1n) is 11.6. The van der Waals surface area contributed by atoms with E-state index in [1.54, 1.807) is 32.3 Å². The van der Waals surface area contributed by atoms with Gasteiger partial charge in [-0.1, -0.05) is 6.07 Å². The van der Waals surface area contributed by atoms with E-state index < -0.39 is 5.60 Å². The summed E-state index contributed by atoms with van der Waals surface area (Å²) in [4.78, 5) is 32.0. The number of ether oxygens (including phenoxy) is 1. The molecule has 0 spiro atoms. The number of aliphatic hydroxyl groups is 1. The first kappa shape index (κ1) is 22.9. The van der Waals surface area contributed by atoms with Crippen LogP contribution in [0.4, 0.5) is 11.5 Å². The third kappa shape index (κ3) is 4.73. The predicted molar refractivity (Wildman–Crippen MR) is 135 cm³/mol. The Morgan fingerprint density at radius 1 is 1.14 bits per heavy atom. The number of hydrogen-bond acceptors (Lipinski definition) is 7. The van der Waals surface area contributed by atoms with E-state index in [1.165, 1.54) is 6.20 Å². The SMILES string of the molecule is Cc1ccc(NC(=O)c2ccnc(C(C)(C)O)c2)cc1-c1cc2[nH]cnc2c(N2CCOCC2)n1. The van der Waals surface area contributed by atoms with Crippen molar-refractivity contribution in [3.05, 3.63) is 65.7 Å². The fraction of sp³-hybridized carbons (Fsp3) is 0.308. The number of hydrogen-bond donors (Lipinski definition) is 3. The van der Waals surface area contributed by atoms with Gasteiger partial charge in [0.1, 0.15) is 11.1 Å². The van der Waals surface area contributed by atoms with Crippen molar-refractivity contribution in [2.75, 3.05) is 36.5 Å². The van der Waals surface area contributed by atoms with Gasteiger partial charge in [-0.2, -0.15) is 0 Å². The molecule has 9 nitrogen and oxygen atoms in total. The number of aromatic amines is 1. The van der Waals surface area contributed by atoms with Gasteiger partial charge >= 0.3 is 0 Å². The Morgan fingerprint density at radius 3 is 2.71 bits per heavy atom. The molecule has 1 fully saturated rings. The quantitative estimate of drug-likeness (QED) is 0.406. The van der Waals surface area contributed by atoms with Crippen LogP contribution in [0.5, 0.6) is 0 Å². The highest BCUT2D eigenvalue weighted by Crippen LogP contribution is 2.32. The minimum absolute atomic E-state index is 0.279. The molecule has 0 saturated carbocycles. The average Bonchev–Trinajstić information content (AvgIpc) is 3.33. The molecule has 1 aliphatic heterocycles. The molecular weight excluding hydrogens is 444 g/mol. The molecule has 4 heterocycles. The van der Waals surface area contributed by atoms with Crippen LogP contribution in [0, 0.1) is 6.92 Å². The molecule has 0 radical (unpaired) electrons. The molecule has 180 valence electrons. The number of nitrogens with one attached hydrogen (secondary N) is 2. The zero-order chi connectivity index (χ0) is 24.6. The van der Waals surface area contributed by atoms with Gasteiger partial charge < -0.3 is 25.0 Å². The molecule has 0 atom stereocenters. The van der Waals surface area contributed by atoms with E-state index in [4.69, 9.17) is 9.72 Å². The largest absolute Gasteiger partial charge is 0.384 e. The zero-order valence-corrected chi connectivity index (χ0v) is 20.0. The fourth-order valence-electron chi connectivity index (χ4n) is 4.15. The third-order valence-electron chi connectivity index (χ3n) is 6.12. The summed E-state index contributed by atoms with van der Waals surface area (Å²) in [5.41, 5.74) is 4.85. The molecule has 1 saturated heterocycles. The number of fused-ring (bicyclic) bond motifs is 1. The summed E-state index contributed by atoms with van der Waals surface area (Å²) in [7, 11) is 0. The van der Waals surface area contributed by atoms with Crippen LogP contribution in [0.1, 0.15) is 35.5 Å². The fourth-order valence-corrected chi connectivity index (χ4v) is 4.15. The normalized spacial score (nSPS) is 14.3. The average molecular weight is 473 g/mol. The molecule has 3 N–H and O–H groups in total. The van der Waals surface area contributed by atoms with Gasteiger partial charge in [-0.05, 0) is 56.7 Å². The lowest BCUT2D eigenvalue weighted by Gasteiger charge is -2.28. The molecule has 1 amide bonds. The molecule has 4 aromatic rings. The van der Waals surface area contributed by atoms with Gasteiger partial charge in [0.25, 0.3) is 5.91 Å². The number of imidazole rings is 1. The number of carbonyl (C=O) groups excluding carboxylic acids is 1. The van der Waals surface area contributed by atoms with Crippen molar-refractivity contribution in [3.8, 4) is 11.3 Å². The number of pyridine rings is 2. The molecule has 0 bridgehead atoms. The molecule has 0 aliphatic carbocycles. The topological polar surface area (TPSA) is 116 Å². The van der Waals surface area contributed by atoms with Gasteiger partial charge in [-0.15, -0.1) is 0 Å². The minimum atomic E-state index is -1.14. The van der Waals surface area contributed by atoms with Crippen molar-refractivity contribution >= 4 is 28.4 Å². The van der Waals surface area contributed by atoms with Crippen LogP contribution in [0.3, 0.4) is 0 Å². The number of rotatable bonds is 5. The number of benzene rings is 1. The molecule has 5 rings (SSSR count). The van der Waals surface area contributed by atoms with E-state index in [1.807, 2.05) is 31.2 Å². The van der Waals surface area contributed by atoms with Crippen molar-refractivity contribution in [1.29, 1.82) is 0 Å². The lowest BCUT2D eigenvalue weighted by molar-refractivity contribution is 0.0737. The highest BCUT2D eigenvalue weighted by molar-refractivity contribution is 6.04. The van der Waals surface area contributed by atoms with Gasteiger partial charge in [0.05, 0.1) is 36.4 Å². The minimum Gasteiger partial charge on any atom is -0.384 e. The number of morpholine rings is 1. The Balaban J connectivity index is 1.48. The van der Waals surface area contributed by atoms with Crippen LogP contribution >= 0.6 is 0 Å². The Labute approximate surface area is 203 Å². The van der Waals surface area contributed by atoms with E-state index in [0.717, 1.165) is 46.8 Å². The Morgan fingerprint density at radius 2 is 1.94 bits per heavy atom. The van der Waals surface area contributed by atoms with Gasteiger partial charge in [-0.3, -0.25) is 9.78 Å². The molecule has 35 heavy (non-hydrogen) atoms. The van der Waals surface area contributed by atoms with Gasteiger partial charge in [0, 0.05) is 36.1 Å². The first-order chi connectivity index (χ1) is 16.8. The second-order valence-electron chi connectivity index (χ2n) is 9.20. The van der Waals surface area contributed by atoms with Crippen LogP contribution in [0.25, 0.3) is 22.3 Å². The van der Waals surface area contributed by atoms with Gasteiger partial charge in [0.15, 0.2) is 5.82 Å². The summed E-state index contributed by atoms with van der Waals surface area (Å²) >= 11 is 0. The molecule has 0 unspecified atom stereocenters. The Hall–Kier alpha value is -3.82. The molecule has 1 aromatic carbocycles. The summed E-state index contributed by atoms with van der Waals surface area (Å²) in [6, 6.07) is 11.0. The lowest BCUT2D eigenvalue weighted by Crippen LogP contribution is -2.37. The van der Waals surface area contributed by atoms with E-state index in [0.29, 0.717) is 30.2 Å². The summed E-state index contributed by atoms with van der Waals surface area (Å²) in [5, 5.41) is 13.2. The number of H-pyrrole nitrogens is 1. The van der Waals surface area contributed by atoms with Gasteiger partial charge in [0.2, 0.25) is 0 Å². The van der Waals surface area contributed by atoms with Crippen molar-refractivity contribution < 1.29 is 14.6 Å². The molecular formula is C26H28N6O3. The van der Waals surface area contributed by atoms with Crippen LogP contribution in [-0.2, 0) is 10.3 Å². The summed E-state index contributed by atoms with van der Waals surface area (Å²) in [6.45, 7) is 8.12. The van der Waals surface area contributed by atoms with Crippen molar-refractivity contribution in [2.45, 2.75) is 26.4 Å². The zero-order valence-electron chi connectivity index (χ0n) is 20.0. The molecule has 3 aromatic heterocycles. The maximum atomic E-state index is 13.0. The highest BCUT2D eigenvalue weighted by atomic mass is 16.5. The Kier molecular flexibility index (Phi) is 5.96. The smallest absolute Gasteiger partial charge is 0.255 e. The second kappa shape index (κ2) is 9.09. The van der Waals surface area contributed by atoms with Crippen LogP contribution in [0.15, 0.2) is 48.9 Å². The molecule has 1 aliphatic rings. The van der Waals surface area contributed by atoms with Crippen molar-refractivity contribution in [2.24, 2.45) is 0 Å². The highest BCUT2D eigenvalue weighted by Gasteiger charge is 2.21. The number of aryl methyl sites for hydroxylation is 1. The number of anilines is 2. The van der Waals surface area contributed by atoms with Crippen LogP contribution in [-0.4, -0.2) is 57.3 Å². The van der Waals surface area contributed by atoms with E-state index >= 15 is 0 Å². The number of aromatic nitrogens is 4. The van der Waals surface area contributed by atoms with Crippen LogP contribution in [0.2, 0.25) is 0 Å². The Bertz CT molecular complexity index is 1390. The molecule has 9 heteroatoms. The van der Waals surface area contributed by atoms with E-state index in [-0.39, 0.29) is 5.91 Å². The number of nitrogens with zero attached hydrogens (tertiary/aromatic N) is 4. The third-order valence-corrected chi connectivity index (χ3v) is 6.12. The monoisotopic (exact) mass is 472 g/mol. The summed E-state index contributed by atoms with van der Waals surface area (Å²) in [6.07, 6.45) is 3.21. The summed E-state index contributed by atoms with van der Waals surface area (Å²) in [5.74, 6) is 0.547. The first-order valence-corrected chi connectivity index (χ1v) is 11.6. The predicted octanol–water partition coefficient (Wildman–Crippen LogP) is 3.64. The van der Waals surface area contributed by atoms with E-state index in [2.05, 4.69) is 25.2 Å². The van der Waals surface area contributed by atoms with Crippen molar-refractivity contribution in [1.82, 2.24) is 19.9 Å². The van der Waals surface area contributed by atoms with Crippen molar-refractivity contribution in [3.63, 3.8) is 0 Å². The van der Waals surface area contributed by atoms with E-state index in [9.17, 15) is 9.90 Å². The summed E-state index contributed by atoms with van der Waals surface area (Å²) < 4.78 is 5.51. The second-order valence-corrected chi connectivity index (χ2v) is 9.20. The van der Waals surface area contributed by atoms with Crippen LogP contribution < -0.4 is 10.2 Å².